The smallest absolute Gasteiger partial charge is 0.278 e. The van der Waals surface area contributed by atoms with E-state index >= 15 is 0 Å². The molecule has 1 aliphatic rings. The van der Waals surface area contributed by atoms with E-state index in [1.165, 1.54) is 18.5 Å². The van der Waals surface area contributed by atoms with Crippen molar-refractivity contribution in [2.75, 3.05) is 10.2 Å². The van der Waals surface area contributed by atoms with E-state index in [0.29, 0.717) is 17.9 Å². The number of hydrogen-bond acceptors (Lipinski definition) is 4. The zero-order chi connectivity index (χ0) is 18.8. The summed E-state index contributed by atoms with van der Waals surface area (Å²) in [6.45, 7) is 2.32. The van der Waals surface area contributed by atoms with Gasteiger partial charge >= 0.3 is 0 Å². The van der Waals surface area contributed by atoms with E-state index < -0.39 is 0 Å². The molecule has 2 heterocycles. The van der Waals surface area contributed by atoms with Crippen LogP contribution in [0.2, 0.25) is 0 Å². The molecular formula is C21H19FN4O. The van der Waals surface area contributed by atoms with E-state index in [4.69, 9.17) is 0 Å². The second-order valence-electron chi connectivity index (χ2n) is 6.59. The molecule has 2 aromatic carbocycles. The number of benzene rings is 2. The number of fused-ring (bicyclic) bond motifs is 1. The Kier molecular flexibility index (Phi) is 4.54. The molecule has 5 nitrogen and oxygen atoms in total. The van der Waals surface area contributed by atoms with Crippen molar-refractivity contribution in [1.29, 1.82) is 0 Å². The average molecular weight is 362 g/mol. The van der Waals surface area contributed by atoms with Crippen LogP contribution in [0.1, 0.15) is 28.5 Å². The van der Waals surface area contributed by atoms with Crippen LogP contribution in [0.3, 0.4) is 0 Å². The summed E-state index contributed by atoms with van der Waals surface area (Å²) in [4.78, 5) is 23.2. The van der Waals surface area contributed by atoms with Gasteiger partial charge in [-0.05, 0) is 31.0 Å². The first-order valence-corrected chi connectivity index (χ1v) is 8.84. The molecule has 0 bridgehead atoms. The van der Waals surface area contributed by atoms with Crippen molar-refractivity contribution in [2.45, 2.75) is 25.9 Å². The Morgan fingerprint density at radius 1 is 1.15 bits per heavy atom. The van der Waals surface area contributed by atoms with Crippen LogP contribution < -0.4 is 10.2 Å². The van der Waals surface area contributed by atoms with E-state index in [0.717, 1.165) is 17.7 Å². The molecular weight excluding hydrogens is 343 g/mol. The van der Waals surface area contributed by atoms with Crippen molar-refractivity contribution in [2.24, 2.45) is 0 Å². The normalized spacial score (nSPS) is 15.5. The Hall–Kier alpha value is -3.28. The Morgan fingerprint density at radius 3 is 2.70 bits per heavy atom. The summed E-state index contributed by atoms with van der Waals surface area (Å²) in [5, 5.41) is 3.02. The number of nitrogens with one attached hydrogen (secondary N) is 1. The average Bonchev–Trinajstić information content (AvgIpc) is 3.03. The molecule has 1 N–H and O–H groups in total. The summed E-state index contributed by atoms with van der Waals surface area (Å²) in [5.74, 6) is 0.0525. The minimum Gasteiger partial charge on any atom is -0.365 e. The van der Waals surface area contributed by atoms with E-state index in [1.807, 2.05) is 31.2 Å². The van der Waals surface area contributed by atoms with Crippen LogP contribution in [-0.4, -0.2) is 21.9 Å². The quantitative estimate of drug-likeness (QED) is 0.767. The van der Waals surface area contributed by atoms with Crippen LogP contribution in [0.15, 0.2) is 60.9 Å². The van der Waals surface area contributed by atoms with Crippen LogP contribution in [-0.2, 0) is 13.0 Å². The lowest BCUT2D eigenvalue weighted by Crippen LogP contribution is -2.36. The molecule has 0 saturated carbocycles. The number of amides is 1. The van der Waals surface area contributed by atoms with Gasteiger partial charge in [0.05, 0.1) is 12.4 Å². The van der Waals surface area contributed by atoms with Gasteiger partial charge in [0.2, 0.25) is 0 Å². The highest BCUT2D eigenvalue weighted by atomic mass is 19.1. The Labute approximate surface area is 156 Å². The number of rotatable bonds is 4. The second-order valence-corrected chi connectivity index (χ2v) is 6.59. The van der Waals surface area contributed by atoms with E-state index in [2.05, 4.69) is 15.3 Å². The van der Waals surface area contributed by atoms with Gasteiger partial charge in [0, 0.05) is 23.8 Å². The highest BCUT2D eigenvalue weighted by Gasteiger charge is 2.31. The molecule has 1 atom stereocenters. The standard InChI is InChI=1S/C21H19FN4O/c1-14-10-15-6-3-5-9-19(15)26(14)21(27)18-12-25-20(13-23-18)24-11-16-7-2-4-8-17(16)22/h2-9,12-14H,10-11H2,1H3,(H,24,25). The molecule has 3 aromatic rings. The molecule has 6 heteroatoms. The van der Waals surface area contributed by atoms with Crippen LogP contribution in [0.4, 0.5) is 15.9 Å². The summed E-state index contributed by atoms with van der Waals surface area (Å²) in [6, 6.07) is 14.5. The summed E-state index contributed by atoms with van der Waals surface area (Å²) < 4.78 is 13.7. The van der Waals surface area contributed by atoms with Gasteiger partial charge in [-0.1, -0.05) is 36.4 Å². The Balaban J connectivity index is 1.48. The summed E-state index contributed by atoms with van der Waals surface area (Å²) in [5.41, 5.74) is 2.92. The molecule has 1 amide bonds. The highest BCUT2D eigenvalue weighted by molar-refractivity contribution is 6.06. The van der Waals surface area contributed by atoms with Gasteiger partial charge in [0.25, 0.3) is 5.91 Å². The van der Waals surface area contributed by atoms with Gasteiger partial charge in [-0.3, -0.25) is 4.79 Å². The Bertz CT molecular complexity index is 974. The number of carbonyl (C=O) groups excluding carboxylic acids is 1. The first kappa shape index (κ1) is 17.1. The zero-order valence-corrected chi connectivity index (χ0v) is 14.9. The van der Waals surface area contributed by atoms with Gasteiger partial charge < -0.3 is 10.2 Å². The lowest BCUT2D eigenvalue weighted by atomic mass is 10.1. The summed E-state index contributed by atoms with van der Waals surface area (Å²) in [6.07, 6.45) is 3.79. The fourth-order valence-corrected chi connectivity index (χ4v) is 3.36. The number of nitrogens with zero attached hydrogens (tertiary/aromatic N) is 3. The second kappa shape index (κ2) is 7.15. The van der Waals surface area contributed by atoms with Crippen molar-refractivity contribution >= 4 is 17.4 Å². The SMILES string of the molecule is CC1Cc2ccccc2N1C(=O)c1cnc(NCc2ccccc2F)cn1. The first-order valence-electron chi connectivity index (χ1n) is 8.84. The molecule has 0 spiro atoms. The third kappa shape index (κ3) is 3.38. The predicted molar refractivity (Wildman–Crippen MR) is 102 cm³/mol. The van der Waals surface area contributed by atoms with E-state index in [-0.39, 0.29) is 23.5 Å². The predicted octanol–water partition coefficient (Wildman–Crippen LogP) is 3.82. The maximum Gasteiger partial charge on any atom is 0.278 e. The summed E-state index contributed by atoms with van der Waals surface area (Å²) in [7, 11) is 0. The number of anilines is 2. The van der Waals surface area contributed by atoms with E-state index in [1.54, 1.807) is 23.1 Å². The molecule has 0 aliphatic carbocycles. The van der Waals surface area contributed by atoms with Crippen LogP contribution in [0.5, 0.6) is 0 Å². The molecule has 136 valence electrons. The van der Waals surface area contributed by atoms with Crippen molar-refractivity contribution < 1.29 is 9.18 Å². The number of halogens is 1. The van der Waals surface area contributed by atoms with E-state index in [9.17, 15) is 9.18 Å². The molecule has 27 heavy (non-hydrogen) atoms. The Morgan fingerprint density at radius 2 is 1.93 bits per heavy atom. The fourth-order valence-electron chi connectivity index (χ4n) is 3.36. The minimum atomic E-state index is -0.272. The molecule has 4 rings (SSSR count). The third-order valence-electron chi connectivity index (χ3n) is 4.71. The number of para-hydroxylation sites is 1. The van der Waals surface area contributed by atoms with Crippen molar-refractivity contribution in [3.63, 3.8) is 0 Å². The molecule has 1 aliphatic heterocycles. The number of carbonyl (C=O) groups is 1. The molecule has 1 unspecified atom stereocenters. The van der Waals surface area contributed by atoms with Crippen LogP contribution in [0.25, 0.3) is 0 Å². The largest absolute Gasteiger partial charge is 0.365 e. The van der Waals surface area contributed by atoms with Crippen molar-refractivity contribution in [1.82, 2.24) is 9.97 Å². The maximum atomic E-state index is 13.7. The number of hydrogen-bond donors (Lipinski definition) is 1. The van der Waals surface area contributed by atoms with Crippen LogP contribution >= 0.6 is 0 Å². The molecule has 0 radical (unpaired) electrons. The highest BCUT2D eigenvalue weighted by Crippen LogP contribution is 2.32. The molecule has 1 aromatic heterocycles. The van der Waals surface area contributed by atoms with Crippen LogP contribution in [0, 0.1) is 5.82 Å². The lowest BCUT2D eigenvalue weighted by Gasteiger charge is -2.22. The fraction of sp³-hybridized carbons (Fsp3) is 0.190. The van der Waals surface area contributed by atoms with Crippen molar-refractivity contribution in [3.8, 4) is 0 Å². The third-order valence-corrected chi connectivity index (χ3v) is 4.71. The number of aromatic nitrogens is 2. The van der Waals surface area contributed by atoms with Gasteiger partial charge in [-0.15, -0.1) is 0 Å². The topological polar surface area (TPSA) is 58.1 Å². The first-order chi connectivity index (χ1) is 13.1. The lowest BCUT2D eigenvalue weighted by molar-refractivity contribution is 0.0976. The van der Waals surface area contributed by atoms with Gasteiger partial charge in [-0.25, -0.2) is 14.4 Å². The van der Waals surface area contributed by atoms with Crippen molar-refractivity contribution in [3.05, 3.63) is 83.6 Å². The van der Waals surface area contributed by atoms with Gasteiger partial charge in [0.15, 0.2) is 0 Å². The van der Waals surface area contributed by atoms with Gasteiger partial charge in [-0.2, -0.15) is 0 Å². The molecule has 0 saturated heterocycles. The zero-order valence-electron chi connectivity index (χ0n) is 14.9. The monoisotopic (exact) mass is 362 g/mol. The molecule has 0 fully saturated rings. The maximum absolute atomic E-state index is 13.7. The summed E-state index contributed by atoms with van der Waals surface area (Å²) >= 11 is 0. The van der Waals surface area contributed by atoms with Gasteiger partial charge in [0.1, 0.15) is 17.3 Å². The minimum absolute atomic E-state index is 0.0792.